The number of methoxy groups -OCH3 is 1. The minimum Gasteiger partial charge on any atom is -0.497 e. The molecule has 0 fully saturated rings. The normalized spacial score (nSPS) is 12.2. The standard InChI is InChI=1S/C15H19N3O4/c1-9(2)8-12(14(19)20)16-15-17-13(18-22-15)10-4-6-11(21-3)7-5-10/h4-7,9,12H,8H2,1-3H3,(H,19,20)(H,16,17,18)/t12-/m0/s1. The van der Waals surface area contributed by atoms with E-state index in [2.05, 4.69) is 15.5 Å². The van der Waals surface area contributed by atoms with E-state index in [1.165, 1.54) is 0 Å². The molecule has 0 bridgehead atoms. The van der Waals surface area contributed by atoms with Gasteiger partial charge in [0.05, 0.1) is 7.11 Å². The van der Waals surface area contributed by atoms with E-state index < -0.39 is 12.0 Å². The number of anilines is 1. The number of nitrogens with zero attached hydrogens (tertiary/aromatic N) is 2. The molecule has 0 unspecified atom stereocenters. The summed E-state index contributed by atoms with van der Waals surface area (Å²) in [6.45, 7) is 3.91. The summed E-state index contributed by atoms with van der Waals surface area (Å²) < 4.78 is 10.2. The molecule has 0 radical (unpaired) electrons. The highest BCUT2D eigenvalue weighted by Crippen LogP contribution is 2.21. The first-order chi connectivity index (χ1) is 10.5. The highest BCUT2D eigenvalue weighted by atomic mass is 16.5. The summed E-state index contributed by atoms with van der Waals surface area (Å²) in [6, 6.07) is 6.52. The Hall–Kier alpha value is -2.57. The molecule has 7 heteroatoms. The van der Waals surface area contributed by atoms with Crippen LogP contribution in [0.1, 0.15) is 20.3 Å². The van der Waals surface area contributed by atoms with E-state index in [1.807, 2.05) is 13.8 Å². The van der Waals surface area contributed by atoms with Crippen molar-refractivity contribution in [1.29, 1.82) is 0 Å². The summed E-state index contributed by atoms with van der Waals surface area (Å²) in [6.07, 6.45) is 0.468. The van der Waals surface area contributed by atoms with Gasteiger partial charge in [0.2, 0.25) is 5.82 Å². The first-order valence-electron chi connectivity index (χ1n) is 6.97. The van der Waals surface area contributed by atoms with E-state index in [9.17, 15) is 9.90 Å². The lowest BCUT2D eigenvalue weighted by Crippen LogP contribution is -2.30. The molecule has 7 nitrogen and oxygen atoms in total. The summed E-state index contributed by atoms with van der Waals surface area (Å²) in [5.41, 5.74) is 0.758. The molecule has 0 spiro atoms. The second-order valence-corrected chi connectivity index (χ2v) is 5.32. The smallest absolute Gasteiger partial charge is 0.326 e. The van der Waals surface area contributed by atoms with Crippen molar-refractivity contribution in [2.45, 2.75) is 26.3 Å². The number of aliphatic carboxylic acids is 1. The van der Waals surface area contributed by atoms with Crippen LogP contribution in [0, 0.1) is 5.92 Å². The molecule has 0 aliphatic heterocycles. The molecule has 1 heterocycles. The molecule has 0 aliphatic rings. The van der Waals surface area contributed by atoms with Gasteiger partial charge in [0.15, 0.2) is 0 Å². The summed E-state index contributed by atoms with van der Waals surface area (Å²) in [7, 11) is 1.59. The molecule has 118 valence electrons. The lowest BCUT2D eigenvalue weighted by molar-refractivity contribution is -0.138. The highest BCUT2D eigenvalue weighted by molar-refractivity contribution is 5.76. The first-order valence-corrected chi connectivity index (χ1v) is 6.97. The molecule has 0 aliphatic carbocycles. The number of carbonyl (C=O) groups is 1. The first kappa shape index (κ1) is 15.8. The van der Waals surface area contributed by atoms with Gasteiger partial charge in [0.25, 0.3) is 0 Å². The Morgan fingerprint density at radius 3 is 2.59 bits per heavy atom. The number of ether oxygens (including phenoxy) is 1. The molecule has 2 N–H and O–H groups in total. The van der Waals surface area contributed by atoms with Gasteiger partial charge in [-0.3, -0.25) is 0 Å². The number of hydrogen-bond acceptors (Lipinski definition) is 6. The zero-order valence-corrected chi connectivity index (χ0v) is 12.7. The van der Waals surface area contributed by atoms with Crippen molar-refractivity contribution in [1.82, 2.24) is 10.1 Å². The molecule has 1 atom stereocenters. The van der Waals surface area contributed by atoms with Crippen molar-refractivity contribution >= 4 is 12.0 Å². The van der Waals surface area contributed by atoms with Crippen LogP contribution in [0.5, 0.6) is 5.75 Å². The fourth-order valence-corrected chi connectivity index (χ4v) is 1.98. The molecule has 0 saturated heterocycles. The number of benzene rings is 1. The average Bonchev–Trinajstić information content (AvgIpc) is 2.94. The molecule has 2 aromatic rings. The van der Waals surface area contributed by atoms with Crippen LogP contribution in [0.15, 0.2) is 28.8 Å². The van der Waals surface area contributed by atoms with E-state index in [1.54, 1.807) is 31.4 Å². The Labute approximate surface area is 128 Å². The van der Waals surface area contributed by atoms with Gasteiger partial charge in [-0.1, -0.05) is 19.0 Å². The summed E-state index contributed by atoms with van der Waals surface area (Å²) in [4.78, 5) is 15.4. The number of nitrogens with one attached hydrogen (secondary N) is 1. The van der Waals surface area contributed by atoms with Crippen LogP contribution in [0.4, 0.5) is 6.01 Å². The van der Waals surface area contributed by atoms with E-state index in [4.69, 9.17) is 9.26 Å². The van der Waals surface area contributed by atoms with Crippen molar-refractivity contribution in [2.24, 2.45) is 5.92 Å². The second-order valence-electron chi connectivity index (χ2n) is 5.32. The van der Waals surface area contributed by atoms with E-state index >= 15 is 0 Å². The zero-order chi connectivity index (χ0) is 16.1. The maximum Gasteiger partial charge on any atom is 0.326 e. The predicted molar refractivity (Wildman–Crippen MR) is 80.8 cm³/mol. The second kappa shape index (κ2) is 6.93. The summed E-state index contributed by atoms with van der Waals surface area (Å²) in [5, 5.41) is 15.8. The van der Waals surface area contributed by atoms with Gasteiger partial charge in [-0.25, -0.2) is 4.79 Å². The molecule has 1 aromatic carbocycles. The van der Waals surface area contributed by atoms with Gasteiger partial charge in [-0.05, 0) is 36.6 Å². The maximum atomic E-state index is 11.2. The van der Waals surface area contributed by atoms with Crippen molar-refractivity contribution in [2.75, 3.05) is 12.4 Å². The molecule has 22 heavy (non-hydrogen) atoms. The number of rotatable bonds is 7. The van der Waals surface area contributed by atoms with Gasteiger partial charge in [-0.15, -0.1) is 0 Å². The Kier molecular flexibility index (Phi) is 4.98. The monoisotopic (exact) mass is 305 g/mol. The maximum absolute atomic E-state index is 11.2. The van der Waals surface area contributed by atoms with Gasteiger partial charge in [0.1, 0.15) is 11.8 Å². The number of carboxylic acid groups (broad SMARTS) is 1. The van der Waals surface area contributed by atoms with E-state index in [-0.39, 0.29) is 11.9 Å². The van der Waals surface area contributed by atoms with E-state index in [0.717, 1.165) is 11.3 Å². The van der Waals surface area contributed by atoms with Gasteiger partial charge in [0, 0.05) is 5.56 Å². The predicted octanol–water partition coefficient (Wildman–Crippen LogP) is 2.66. The van der Waals surface area contributed by atoms with Crippen molar-refractivity contribution < 1.29 is 19.2 Å². The molecule has 1 aromatic heterocycles. The third kappa shape index (κ3) is 3.97. The topological polar surface area (TPSA) is 97.5 Å². The Morgan fingerprint density at radius 1 is 1.36 bits per heavy atom. The van der Waals surface area contributed by atoms with Gasteiger partial charge in [-0.2, -0.15) is 4.98 Å². The third-order valence-corrected chi connectivity index (χ3v) is 3.08. The van der Waals surface area contributed by atoms with Crippen LogP contribution in [-0.4, -0.2) is 34.4 Å². The molecular formula is C15H19N3O4. The number of hydrogen-bond donors (Lipinski definition) is 2. The van der Waals surface area contributed by atoms with Crippen LogP contribution >= 0.6 is 0 Å². The highest BCUT2D eigenvalue weighted by Gasteiger charge is 2.21. The van der Waals surface area contributed by atoms with Crippen LogP contribution in [-0.2, 0) is 4.79 Å². The quantitative estimate of drug-likeness (QED) is 0.811. The van der Waals surface area contributed by atoms with Gasteiger partial charge < -0.3 is 19.7 Å². The lowest BCUT2D eigenvalue weighted by atomic mass is 10.0. The fourth-order valence-electron chi connectivity index (χ4n) is 1.98. The van der Waals surface area contributed by atoms with Crippen LogP contribution < -0.4 is 10.1 Å². The number of carboxylic acids is 1. The minimum absolute atomic E-state index is 0.0962. The zero-order valence-electron chi connectivity index (χ0n) is 12.7. The summed E-state index contributed by atoms with van der Waals surface area (Å²) in [5.74, 6) is 0.405. The molecular weight excluding hydrogens is 286 g/mol. The van der Waals surface area contributed by atoms with Crippen molar-refractivity contribution in [3.05, 3.63) is 24.3 Å². The lowest BCUT2D eigenvalue weighted by Gasteiger charge is -2.14. The minimum atomic E-state index is -0.946. The van der Waals surface area contributed by atoms with Crippen LogP contribution in [0.2, 0.25) is 0 Å². The van der Waals surface area contributed by atoms with Crippen LogP contribution in [0.25, 0.3) is 11.4 Å². The average molecular weight is 305 g/mol. The SMILES string of the molecule is COc1ccc(-c2noc(N[C@@H](CC(C)C)C(=O)O)n2)cc1. The molecule has 2 rings (SSSR count). The van der Waals surface area contributed by atoms with Crippen LogP contribution in [0.3, 0.4) is 0 Å². The number of aromatic nitrogens is 2. The van der Waals surface area contributed by atoms with Crippen molar-refractivity contribution in [3.63, 3.8) is 0 Å². The van der Waals surface area contributed by atoms with Gasteiger partial charge >= 0.3 is 12.0 Å². The largest absolute Gasteiger partial charge is 0.497 e. The molecule has 0 saturated carbocycles. The van der Waals surface area contributed by atoms with E-state index in [0.29, 0.717) is 12.2 Å². The molecule has 0 amide bonds. The summed E-state index contributed by atoms with van der Waals surface area (Å²) >= 11 is 0. The third-order valence-electron chi connectivity index (χ3n) is 3.08. The fraction of sp³-hybridized carbons (Fsp3) is 0.400. The Morgan fingerprint density at radius 2 is 2.05 bits per heavy atom. The van der Waals surface area contributed by atoms with Crippen molar-refractivity contribution in [3.8, 4) is 17.1 Å². The Balaban J connectivity index is 2.11. The Bertz CT molecular complexity index is 622.